The smallest absolute Gasteiger partial charge is 0.254 e. The van der Waals surface area contributed by atoms with E-state index in [0.717, 1.165) is 24.0 Å². The van der Waals surface area contributed by atoms with Gasteiger partial charge in [0.25, 0.3) is 5.91 Å². The Morgan fingerprint density at radius 2 is 1.81 bits per heavy atom. The standard InChI is InChI=1S/C20H24N2O3S/c1-14-9-12-18(26(24,25)21-17-10-11-17)13-19(14)20(23)22(3)15(2)16-7-5-4-6-8-16/h4-9,12-13,15,17,21H,10-11H2,1-3H3. The quantitative estimate of drug-likeness (QED) is 0.846. The summed E-state index contributed by atoms with van der Waals surface area (Å²) in [6.07, 6.45) is 1.74. The van der Waals surface area contributed by atoms with Crippen molar-refractivity contribution in [3.63, 3.8) is 0 Å². The topological polar surface area (TPSA) is 66.5 Å². The molecule has 138 valence electrons. The lowest BCUT2D eigenvalue weighted by atomic mass is 10.0. The number of amides is 1. The van der Waals surface area contributed by atoms with Crippen LogP contribution in [0.2, 0.25) is 0 Å². The van der Waals surface area contributed by atoms with E-state index in [1.165, 1.54) is 6.07 Å². The van der Waals surface area contributed by atoms with Gasteiger partial charge in [0.1, 0.15) is 0 Å². The molecule has 2 aromatic rings. The van der Waals surface area contributed by atoms with Crippen molar-refractivity contribution < 1.29 is 13.2 Å². The molecular formula is C20H24N2O3S. The van der Waals surface area contributed by atoms with Gasteiger partial charge in [-0.25, -0.2) is 13.1 Å². The molecule has 0 radical (unpaired) electrons. The van der Waals surface area contributed by atoms with Gasteiger partial charge in [0.05, 0.1) is 10.9 Å². The molecule has 1 N–H and O–H groups in total. The summed E-state index contributed by atoms with van der Waals surface area (Å²) in [6, 6.07) is 14.4. The summed E-state index contributed by atoms with van der Waals surface area (Å²) in [5.74, 6) is -0.192. The SMILES string of the molecule is Cc1ccc(S(=O)(=O)NC2CC2)cc1C(=O)N(C)C(C)c1ccccc1. The molecule has 0 aliphatic heterocycles. The average molecular weight is 372 g/mol. The third-order valence-electron chi connectivity index (χ3n) is 4.83. The zero-order chi connectivity index (χ0) is 18.9. The van der Waals surface area contributed by atoms with E-state index in [-0.39, 0.29) is 22.9 Å². The van der Waals surface area contributed by atoms with Crippen LogP contribution in [-0.2, 0) is 10.0 Å². The van der Waals surface area contributed by atoms with Crippen molar-refractivity contribution in [1.82, 2.24) is 9.62 Å². The van der Waals surface area contributed by atoms with Gasteiger partial charge in [0.15, 0.2) is 0 Å². The Hall–Kier alpha value is -2.18. The zero-order valence-corrected chi connectivity index (χ0v) is 16.1. The van der Waals surface area contributed by atoms with Gasteiger partial charge in [-0.1, -0.05) is 36.4 Å². The van der Waals surface area contributed by atoms with Gasteiger partial charge < -0.3 is 4.90 Å². The molecule has 1 amide bonds. The number of carbonyl (C=O) groups excluding carboxylic acids is 1. The molecule has 3 rings (SSSR count). The summed E-state index contributed by atoms with van der Waals surface area (Å²) in [6.45, 7) is 3.77. The highest BCUT2D eigenvalue weighted by Gasteiger charge is 2.29. The molecule has 0 heterocycles. The van der Waals surface area contributed by atoms with Crippen LogP contribution in [0.1, 0.15) is 47.3 Å². The number of carbonyl (C=O) groups is 1. The van der Waals surface area contributed by atoms with E-state index in [2.05, 4.69) is 4.72 Å². The lowest BCUT2D eigenvalue weighted by molar-refractivity contribution is 0.0741. The number of nitrogens with one attached hydrogen (secondary N) is 1. The molecule has 5 nitrogen and oxygen atoms in total. The van der Waals surface area contributed by atoms with E-state index < -0.39 is 10.0 Å². The van der Waals surface area contributed by atoms with Gasteiger partial charge in [-0.2, -0.15) is 0 Å². The molecule has 1 aliphatic carbocycles. The number of hydrogen-bond acceptors (Lipinski definition) is 3. The molecule has 6 heteroatoms. The van der Waals surface area contributed by atoms with Gasteiger partial charge in [-0.05, 0) is 49.9 Å². The molecule has 0 aromatic heterocycles. The van der Waals surface area contributed by atoms with Crippen LogP contribution in [0.3, 0.4) is 0 Å². The molecular weight excluding hydrogens is 348 g/mol. The monoisotopic (exact) mass is 372 g/mol. The molecule has 1 fully saturated rings. The fourth-order valence-electron chi connectivity index (χ4n) is 2.81. The second kappa shape index (κ2) is 7.21. The van der Waals surface area contributed by atoms with Crippen LogP contribution in [0.15, 0.2) is 53.4 Å². The van der Waals surface area contributed by atoms with Crippen molar-refractivity contribution >= 4 is 15.9 Å². The summed E-state index contributed by atoms with van der Waals surface area (Å²) >= 11 is 0. The Morgan fingerprint density at radius 1 is 1.15 bits per heavy atom. The minimum atomic E-state index is -3.59. The summed E-state index contributed by atoms with van der Waals surface area (Å²) < 4.78 is 27.6. The molecule has 0 bridgehead atoms. The second-order valence-electron chi connectivity index (χ2n) is 6.88. The normalized spacial score (nSPS) is 15.5. The Bertz CT molecular complexity index is 906. The Labute approximate surface area is 155 Å². The van der Waals surface area contributed by atoms with Crippen LogP contribution in [0, 0.1) is 6.92 Å². The van der Waals surface area contributed by atoms with Crippen molar-refractivity contribution in [2.24, 2.45) is 0 Å². The summed E-state index contributed by atoms with van der Waals surface area (Å²) in [5.41, 5.74) is 2.20. The maximum Gasteiger partial charge on any atom is 0.254 e. The highest BCUT2D eigenvalue weighted by Crippen LogP contribution is 2.25. The lowest BCUT2D eigenvalue weighted by Gasteiger charge is -2.26. The van der Waals surface area contributed by atoms with E-state index in [1.54, 1.807) is 24.1 Å². The van der Waals surface area contributed by atoms with Crippen molar-refractivity contribution in [2.45, 2.75) is 43.7 Å². The molecule has 1 aliphatic rings. The first-order valence-corrected chi connectivity index (χ1v) is 10.2. The number of benzene rings is 2. The van der Waals surface area contributed by atoms with Crippen LogP contribution >= 0.6 is 0 Å². The third-order valence-corrected chi connectivity index (χ3v) is 6.35. The van der Waals surface area contributed by atoms with Gasteiger partial charge >= 0.3 is 0 Å². The minimum Gasteiger partial charge on any atom is -0.335 e. The lowest BCUT2D eigenvalue weighted by Crippen LogP contribution is -2.31. The predicted molar refractivity (Wildman–Crippen MR) is 101 cm³/mol. The van der Waals surface area contributed by atoms with Gasteiger partial charge in [-0.3, -0.25) is 4.79 Å². The van der Waals surface area contributed by atoms with Crippen LogP contribution in [0.4, 0.5) is 0 Å². The fourth-order valence-corrected chi connectivity index (χ4v) is 4.14. The molecule has 1 saturated carbocycles. The van der Waals surface area contributed by atoms with Crippen molar-refractivity contribution in [1.29, 1.82) is 0 Å². The van der Waals surface area contributed by atoms with Gasteiger partial charge in [-0.15, -0.1) is 0 Å². The number of nitrogens with zero attached hydrogens (tertiary/aromatic N) is 1. The Morgan fingerprint density at radius 3 is 2.42 bits per heavy atom. The van der Waals surface area contributed by atoms with E-state index in [4.69, 9.17) is 0 Å². The first kappa shape index (κ1) is 18.6. The van der Waals surface area contributed by atoms with Crippen LogP contribution < -0.4 is 4.72 Å². The van der Waals surface area contributed by atoms with Gasteiger partial charge in [0.2, 0.25) is 10.0 Å². The zero-order valence-electron chi connectivity index (χ0n) is 15.3. The van der Waals surface area contributed by atoms with Crippen molar-refractivity contribution in [2.75, 3.05) is 7.05 Å². The summed E-state index contributed by atoms with van der Waals surface area (Å²) in [4.78, 5) is 14.8. The van der Waals surface area contributed by atoms with Gasteiger partial charge in [0, 0.05) is 18.7 Å². The molecule has 0 spiro atoms. The number of hydrogen-bond donors (Lipinski definition) is 1. The van der Waals surface area contributed by atoms with Crippen LogP contribution in [0.25, 0.3) is 0 Å². The van der Waals surface area contributed by atoms with E-state index >= 15 is 0 Å². The molecule has 1 atom stereocenters. The highest BCUT2D eigenvalue weighted by atomic mass is 32.2. The predicted octanol–water partition coefficient (Wildman–Crippen LogP) is 3.27. The minimum absolute atomic E-state index is 0.0289. The third kappa shape index (κ3) is 3.97. The Balaban J connectivity index is 1.87. The average Bonchev–Trinajstić information content (AvgIpc) is 3.44. The number of aryl methyl sites for hydroxylation is 1. The fraction of sp³-hybridized carbons (Fsp3) is 0.350. The highest BCUT2D eigenvalue weighted by molar-refractivity contribution is 7.89. The molecule has 2 aromatic carbocycles. The summed E-state index contributed by atoms with van der Waals surface area (Å²) in [5, 5.41) is 0. The maximum atomic E-state index is 13.0. The number of sulfonamides is 1. The Kier molecular flexibility index (Phi) is 5.16. The maximum absolute atomic E-state index is 13.0. The van der Waals surface area contributed by atoms with E-state index in [0.29, 0.717) is 5.56 Å². The van der Waals surface area contributed by atoms with E-state index in [1.807, 2.05) is 44.2 Å². The first-order chi connectivity index (χ1) is 12.3. The largest absolute Gasteiger partial charge is 0.335 e. The first-order valence-electron chi connectivity index (χ1n) is 8.74. The molecule has 26 heavy (non-hydrogen) atoms. The van der Waals surface area contributed by atoms with Crippen molar-refractivity contribution in [3.05, 3.63) is 65.2 Å². The van der Waals surface area contributed by atoms with Crippen LogP contribution in [-0.4, -0.2) is 32.3 Å². The molecule has 0 saturated heterocycles. The summed E-state index contributed by atoms with van der Waals surface area (Å²) in [7, 11) is -1.85. The molecule has 1 unspecified atom stereocenters. The van der Waals surface area contributed by atoms with Crippen LogP contribution in [0.5, 0.6) is 0 Å². The van der Waals surface area contributed by atoms with Crippen molar-refractivity contribution in [3.8, 4) is 0 Å². The van der Waals surface area contributed by atoms with E-state index in [9.17, 15) is 13.2 Å². The number of rotatable bonds is 6. The second-order valence-corrected chi connectivity index (χ2v) is 8.59.